The Labute approximate surface area is 148 Å². The van der Waals surface area contributed by atoms with Gasteiger partial charge in [0.2, 0.25) is 5.91 Å². The van der Waals surface area contributed by atoms with E-state index in [9.17, 15) is 14.0 Å². The zero-order chi connectivity index (χ0) is 18.8. The molecule has 1 heterocycles. The van der Waals surface area contributed by atoms with Gasteiger partial charge in [0.1, 0.15) is 11.4 Å². The van der Waals surface area contributed by atoms with Gasteiger partial charge in [-0.15, -0.1) is 0 Å². The van der Waals surface area contributed by atoms with Crippen LogP contribution in [0.25, 0.3) is 0 Å². The van der Waals surface area contributed by atoms with Gasteiger partial charge in [-0.05, 0) is 51.8 Å². The van der Waals surface area contributed by atoms with Crippen LogP contribution in [-0.4, -0.2) is 53.1 Å². The lowest BCUT2D eigenvalue weighted by molar-refractivity contribution is -0.133. The zero-order valence-electron chi connectivity index (χ0n) is 15.6. The highest BCUT2D eigenvalue weighted by atomic mass is 19.1. The molecule has 6 heteroatoms. The Morgan fingerprint density at radius 2 is 1.96 bits per heavy atom. The summed E-state index contributed by atoms with van der Waals surface area (Å²) in [6, 6.07) is 4.74. The fourth-order valence-electron chi connectivity index (χ4n) is 2.81. The largest absolute Gasteiger partial charge is 0.444 e. The Hall–Kier alpha value is -2.11. The maximum Gasteiger partial charge on any atom is 0.410 e. The molecule has 1 aromatic rings. The molecule has 25 heavy (non-hydrogen) atoms. The predicted octanol–water partition coefficient (Wildman–Crippen LogP) is 3.14. The molecule has 2 amide bonds. The molecule has 0 aliphatic carbocycles. The average molecular weight is 350 g/mol. The van der Waals surface area contributed by atoms with E-state index in [0.717, 1.165) is 0 Å². The first kappa shape index (κ1) is 19.2. The Morgan fingerprint density at radius 3 is 2.52 bits per heavy atom. The maximum atomic E-state index is 13.6. The van der Waals surface area contributed by atoms with Crippen LogP contribution in [0.4, 0.5) is 9.18 Å². The highest BCUT2D eigenvalue weighted by molar-refractivity contribution is 5.79. The number of rotatable bonds is 2. The zero-order valence-corrected chi connectivity index (χ0v) is 15.6. The Balaban J connectivity index is 1.94. The molecule has 138 valence electrons. The molecule has 1 atom stereocenters. The second-order valence-corrected chi connectivity index (χ2v) is 7.62. The van der Waals surface area contributed by atoms with E-state index in [1.807, 2.05) is 27.7 Å². The number of halogens is 1. The lowest BCUT2D eigenvalue weighted by atomic mass is 10.1. The van der Waals surface area contributed by atoms with Crippen molar-refractivity contribution in [2.45, 2.75) is 52.7 Å². The minimum atomic E-state index is -0.542. The molecule has 0 bridgehead atoms. The van der Waals surface area contributed by atoms with Crippen LogP contribution in [0.3, 0.4) is 0 Å². The quantitative estimate of drug-likeness (QED) is 0.823. The van der Waals surface area contributed by atoms with Crippen molar-refractivity contribution in [1.29, 1.82) is 0 Å². The van der Waals surface area contributed by atoms with Gasteiger partial charge >= 0.3 is 6.09 Å². The fraction of sp³-hybridized carbons (Fsp3) is 0.579. The second kappa shape index (κ2) is 7.42. The van der Waals surface area contributed by atoms with Crippen LogP contribution in [-0.2, 0) is 16.0 Å². The van der Waals surface area contributed by atoms with E-state index in [1.54, 1.807) is 28.9 Å². The van der Waals surface area contributed by atoms with Crippen LogP contribution in [0.2, 0.25) is 0 Å². The molecule has 0 aromatic heterocycles. The number of ether oxygens (including phenoxy) is 1. The summed E-state index contributed by atoms with van der Waals surface area (Å²) in [5.74, 6) is -0.354. The summed E-state index contributed by atoms with van der Waals surface area (Å²) in [5.41, 5.74) is 0.685. The summed E-state index contributed by atoms with van der Waals surface area (Å²) in [6.45, 7) is 10.4. The van der Waals surface area contributed by atoms with Gasteiger partial charge in [0, 0.05) is 25.7 Å². The third kappa shape index (κ3) is 5.18. The number of aryl methyl sites for hydroxylation is 1. The van der Waals surface area contributed by atoms with Crippen molar-refractivity contribution in [1.82, 2.24) is 9.80 Å². The normalized spacial score (nSPS) is 18.2. The number of hydrogen-bond acceptors (Lipinski definition) is 3. The van der Waals surface area contributed by atoms with Gasteiger partial charge in [-0.1, -0.05) is 12.1 Å². The number of piperazine rings is 1. The van der Waals surface area contributed by atoms with Crippen molar-refractivity contribution in [2.24, 2.45) is 0 Å². The first-order chi connectivity index (χ1) is 11.6. The summed E-state index contributed by atoms with van der Waals surface area (Å²) in [6.07, 6.45) is -0.191. The number of benzene rings is 1. The van der Waals surface area contributed by atoms with Gasteiger partial charge in [-0.25, -0.2) is 9.18 Å². The molecule has 5 nitrogen and oxygen atoms in total. The standard InChI is InChI=1S/C19H27FN2O3/c1-13-6-7-15(10-16(13)20)11-17(23)21-8-9-22(14(2)12-21)18(24)25-19(3,4)5/h6-7,10,14H,8-9,11-12H2,1-5H3/t14-/m1/s1. The molecular weight excluding hydrogens is 323 g/mol. The molecule has 1 aliphatic heterocycles. The smallest absolute Gasteiger partial charge is 0.410 e. The molecule has 0 N–H and O–H groups in total. The van der Waals surface area contributed by atoms with Crippen LogP contribution >= 0.6 is 0 Å². The Morgan fingerprint density at radius 1 is 1.28 bits per heavy atom. The van der Waals surface area contributed by atoms with Crippen molar-refractivity contribution in [3.8, 4) is 0 Å². The Bertz CT molecular complexity index is 655. The van der Waals surface area contributed by atoms with E-state index in [2.05, 4.69) is 0 Å². The number of nitrogens with zero attached hydrogens (tertiary/aromatic N) is 2. The first-order valence-electron chi connectivity index (χ1n) is 8.59. The molecule has 1 fully saturated rings. The summed E-state index contributed by atoms with van der Waals surface area (Å²) < 4.78 is 19.0. The monoisotopic (exact) mass is 350 g/mol. The average Bonchev–Trinajstić information content (AvgIpc) is 2.49. The minimum Gasteiger partial charge on any atom is -0.444 e. The molecule has 0 spiro atoms. The minimum absolute atomic E-state index is 0.0565. The highest BCUT2D eigenvalue weighted by Gasteiger charge is 2.32. The first-order valence-corrected chi connectivity index (χ1v) is 8.59. The summed E-state index contributed by atoms with van der Waals surface area (Å²) in [4.78, 5) is 28.1. The number of amides is 2. The van der Waals surface area contributed by atoms with E-state index in [4.69, 9.17) is 4.74 Å². The van der Waals surface area contributed by atoms with Crippen molar-refractivity contribution in [2.75, 3.05) is 19.6 Å². The highest BCUT2D eigenvalue weighted by Crippen LogP contribution is 2.17. The number of carbonyl (C=O) groups is 2. The van der Waals surface area contributed by atoms with E-state index in [0.29, 0.717) is 30.8 Å². The lowest BCUT2D eigenvalue weighted by Gasteiger charge is -2.40. The third-order valence-corrected chi connectivity index (χ3v) is 4.20. The van der Waals surface area contributed by atoms with Crippen molar-refractivity contribution in [3.63, 3.8) is 0 Å². The topological polar surface area (TPSA) is 49.9 Å². The van der Waals surface area contributed by atoms with Crippen LogP contribution < -0.4 is 0 Å². The van der Waals surface area contributed by atoms with Gasteiger partial charge in [0.15, 0.2) is 0 Å². The van der Waals surface area contributed by atoms with Gasteiger partial charge < -0.3 is 14.5 Å². The molecule has 2 rings (SSSR count). The SMILES string of the molecule is Cc1ccc(CC(=O)N2CCN(C(=O)OC(C)(C)C)[C@H](C)C2)cc1F. The maximum absolute atomic E-state index is 13.6. The van der Waals surface area contributed by atoms with Gasteiger partial charge in [-0.3, -0.25) is 4.79 Å². The summed E-state index contributed by atoms with van der Waals surface area (Å²) >= 11 is 0. The predicted molar refractivity (Wildman–Crippen MR) is 93.8 cm³/mol. The van der Waals surface area contributed by atoms with Gasteiger partial charge in [-0.2, -0.15) is 0 Å². The van der Waals surface area contributed by atoms with E-state index >= 15 is 0 Å². The van der Waals surface area contributed by atoms with Gasteiger partial charge in [0.05, 0.1) is 6.42 Å². The van der Waals surface area contributed by atoms with Crippen molar-refractivity contribution < 1.29 is 18.7 Å². The van der Waals surface area contributed by atoms with E-state index in [-0.39, 0.29) is 30.3 Å². The van der Waals surface area contributed by atoms with Crippen LogP contribution in [0.5, 0.6) is 0 Å². The molecule has 0 saturated carbocycles. The second-order valence-electron chi connectivity index (χ2n) is 7.62. The third-order valence-electron chi connectivity index (χ3n) is 4.20. The van der Waals surface area contributed by atoms with Crippen molar-refractivity contribution >= 4 is 12.0 Å². The Kier molecular flexibility index (Phi) is 5.70. The molecule has 1 aliphatic rings. The van der Waals surface area contributed by atoms with E-state index in [1.165, 1.54) is 6.07 Å². The molecule has 1 saturated heterocycles. The molecule has 0 radical (unpaired) electrons. The summed E-state index contributed by atoms with van der Waals surface area (Å²) in [5, 5.41) is 0. The van der Waals surface area contributed by atoms with Crippen LogP contribution in [0.15, 0.2) is 18.2 Å². The molecule has 1 aromatic carbocycles. The number of carbonyl (C=O) groups excluding carboxylic acids is 2. The van der Waals surface area contributed by atoms with E-state index < -0.39 is 5.60 Å². The molecular formula is C19H27FN2O3. The fourth-order valence-corrected chi connectivity index (χ4v) is 2.81. The van der Waals surface area contributed by atoms with Crippen LogP contribution in [0.1, 0.15) is 38.8 Å². The molecule has 0 unspecified atom stereocenters. The number of hydrogen-bond donors (Lipinski definition) is 0. The van der Waals surface area contributed by atoms with Crippen molar-refractivity contribution in [3.05, 3.63) is 35.1 Å². The van der Waals surface area contributed by atoms with Gasteiger partial charge in [0.25, 0.3) is 0 Å². The lowest BCUT2D eigenvalue weighted by Crippen LogP contribution is -2.56. The summed E-state index contributed by atoms with van der Waals surface area (Å²) in [7, 11) is 0. The van der Waals surface area contributed by atoms with Crippen LogP contribution in [0, 0.1) is 12.7 Å².